The summed E-state index contributed by atoms with van der Waals surface area (Å²) < 4.78 is 39.9. The fourth-order valence-electron chi connectivity index (χ4n) is 2.56. The molecule has 2 N–H and O–H groups in total. The number of nitrogens with zero attached hydrogens (tertiary/aromatic N) is 2. The molecular weight excluding hydrogens is 349 g/mol. The molecular formula is C17H21F3N4O2. The number of alkyl halides is 3. The topological polar surface area (TPSA) is 79.8 Å². The van der Waals surface area contributed by atoms with E-state index in [2.05, 4.69) is 15.4 Å². The Labute approximate surface area is 148 Å². The summed E-state index contributed by atoms with van der Waals surface area (Å²) >= 11 is 0. The summed E-state index contributed by atoms with van der Waals surface area (Å²) in [5.74, 6) is -0.725. The number of halogens is 3. The van der Waals surface area contributed by atoms with Crippen molar-refractivity contribution in [1.29, 1.82) is 0 Å². The minimum absolute atomic E-state index is 0.0124. The number of aromatic nitrogens is 3. The predicted octanol–water partition coefficient (Wildman–Crippen LogP) is 2.53. The number of aromatic amines is 1. The second-order valence-corrected chi connectivity index (χ2v) is 6.28. The van der Waals surface area contributed by atoms with Crippen molar-refractivity contribution in [3.8, 4) is 0 Å². The zero-order chi connectivity index (χ0) is 19.5. The molecule has 0 aromatic carbocycles. The monoisotopic (exact) mass is 370 g/mol. The lowest BCUT2D eigenvalue weighted by Crippen LogP contribution is -2.31. The molecule has 26 heavy (non-hydrogen) atoms. The molecule has 0 saturated heterocycles. The van der Waals surface area contributed by atoms with E-state index in [1.54, 1.807) is 13.0 Å². The van der Waals surface area contributed by atoms with Crippen molar-refractivity contribution in [2.75, 3.05) is 6.54 Å². The Hall–Kier alpha value is -2.58. The van der Waals surface area contributed by atoms with Crippen LogP contribution in [0.2, 0.25) is 0 Å². The fourth-order valence-corrected chi connectivity index (χ4v) is 2.56. The van der Waals surface area contributed by atoms with E-state index in [0.29, 0.717) is 12.1 Å². The first-order chi connectivity index (χ1) is 12.1. The second kappa shape index (κ2) is 7.76. The number of nitrogens with one attached hydrogen (secondary N) is 2. The van der Waals surface area contributed by atoms with Crippen molar-refractivity contribution in [3.05, 3.63) is 51.2 Å². The molecule has 1 atom stereocenters. The van der Waals surface area contributed by atoms with Gasteiger partial charge >= 0.3 is 6.18 Å². The van der Waals surface area contributed by atoms with Gasteiger partial charge in [0.25, 0.3) is 5.91 Å². The van der Waals surface area contributed by atoms with Crippen molar-refractivity contribution in [1.82, 2.24) is 20.1 Å². The molecule has 2 aromatic heterocycles. The Kier molecular flexibility index (Phi) is 5.89. The van der Waals surface area contributed by atoms with Gasteiger partial charge in [0.1, 0.15) is 5.69 Å². The van der Waals surface area contributed by atoms with Crippen molar-refractivity contribution in [3.63, 3.8) is 0 Å². The van der Waals surface area contributed by atoms with Gasteiger partial charge in [0.2, 0.25) is 5.56 Å². The second-order valence-electron chi connectivity index (χ2n) is 6.28. The molecule has 2 rings (SSSR count). The Morgan fingerprint density at radius 2 is 2.04 bits per heavy atom. The van der Waals surface area contributed by atoms with E-state index in [1.165, 1.54) is 13.0 Å². The van der Waals surface area contributed by atoms with Crippen LogP contribution < -0.4 is 10.9 Å². The van der Waals surface area contributed by atoms with Gasteiger partial charge in [0.15, 0.2) is 0 Å². The normalized spacial score (nSPS) is 12.8. The summed E-state index contributed by atoms with van der Waals surface area (Å²) in [6.45, 7) is 5.23. The third-order valence-corrected chi connectivity index (χ3v) is 3.83. The van der Waals surface area contributed by atoms with Gasteiger partial charge in [0.05, 0.1) is 5.69 Å². The van der Waals surface area contributed by atoms with E-state index in [-0.39, 0.29) is 35.8 Å². The van der Waals surface area contributed by atoms with E-state index >= 15 is 0 Å². The van der Waals surface area contributed by atoms with Crippen LogP contribution in [0.5, 0.6) is 0 Å². The molecule has 0 unspecified atom stereocenters. The lowest BCUT2D eigenvalue weighted by Gasteiger charge is -2.16. The SMILES string of the molecule is CCc1cc(C(=O)NC[C@@H](C)Cn2nc(C)cc2C(F)(F)F)cc(=O)[nH]1. The average Bonchev–Trinajstić information content (AvgIpc) is 2.92. The minimum atomic E-state index is -4.48. The molecule has 142 valence electrons. The number of amides is 1. The maximum Gasteiger partial charge on any atom is 0.433 e. The van der Waals surface area contributed by atoms with E-state index in [1.807, 2.05) is 6.92 Å². The number of hydrogen-bond donors (Lipinski definition) is 2. The fraction of sp³-hybridized carbons (Fsp3) is 0.471. The number of carbonyl (C=O) groups excluding carboxylic acids is 1. The lowest BCUT2D eigenvalue weighted by molar-refractivity contribution is -0.144. The van der Waals surface area contributed by atoms with Crippen LogP contribution in [-0.2, 0) is 19.1 Å². The highest BCUT2D eigenvalue weighted by Gasteiger charge is 2.35. The van der Waals surface area contributed by atoms with E-state index in [4.69, 9.17) is 0 Å². The van der Waals surface area contributed by atoms with Crippen LogP contribution in [0.15, 0.2) is 23.0 Å². The van der Waals surface area contributed by atoms with Crippen molar-refractivity contribution >= 4 is 5.91 Å². The Morgan fingerprint density at radius 1 is 1.35 bits per heavy atom. The van der Waals surface area contributed by atoms with Crippen molar-refractivity contribution in [2.24, 2.45) is 5.92 Å². The zero-order valence-corrected chi connectivity index (χ0v) is 14.8. The molecule has 0 fully saturated rings. The predicted molar refractivity (Wildman–Crippen MR) is 89.9 cm³/mol. The molecule has 0 aliphatic rings. The molecule has 6 nitrogen and oxygen atoms in total. The first kappa shape index (κ1) is 19.7. The molecule has 2 heterocycles. The molecule has 9 heteroatoms. The molecule has 0 bridgehead atoms. The van der Waals surface area contributed by atoms with Gasteiger partial charge < -0.3 is 10.3 Å². The highest BCUT2D eigenvalue weighted by Crippen LogP contribution is 2.30. The molecule has 0 aliphatic carbocycles. The number of hydrogen-bond acceptors (Lipinski definition) is 3. The van der Waals surface area contributed by atoms with Crippen LogP contribution >= 0.6 is 0 Å². The summed E-state index contributed by atoms with van der Waals surface area (Å²) in [7, 11) is 0. The van der Waals surface area contributed by atoms with E-state index in [9.17, 15) is 22.8 Å². The van der Waals surface area contributed by atoms with Crippen LogP contribution in [0.3, 0.4) is 0 Å². The third kappa shape index (κ3) is 4.96. The molecule has 2 aromatic rings. The summed E-state index contributed by atoms with van der Waals surface area (Å²) in [5, 5.41) is 6.52. The summed E-state index contributed by atoms with van der Waals surface area (Å²) in [5.41, 5.74) is -0.0369. The summed E-state index contributed by atoms with van der Waals surface area (Å²) in [4.78, 5) is 26.3. The highest BCUT2D eigenvalue weighted by atomic mass is 19.4. The van der Waals surface area contributed by atoms with E-state index in [0.717, 1.165) is 10.7 Å². The molecule has 0 saturated carbocycles. The summed E-state index contributed by atoms with van der Waals surface area (Å²) in [6, 6.07) is 3.77. The number of pyridine rings is 1. The maximum absolute atomic E-state index is 13.0. The molecule has 1 amide bonds. The lowest BCUT2D eigenvalue weighted by atomic mass is 10.1. The van der Waals surface area contributed by atoms with Gasteiger partial charge in [-0.15, -0.1) is 0 Å². The Balaban J connectivity index is 2.01. The number of rotatable bonds is 6. The van der Waals surface area contributed by atoms with Gasteiger partial charge in [-0.1, -0.05) is 13.8 Å². The van der Waals surface area contributed by atoms with E-state index < -0.39 is 17.8 Å². The molecule has 0 radical (unpaired) electrons. The minimum Gasteiger partial charge on any atom is -0.352 e. The number of carbonyl (C=O) groups is 1. The largest absolute Gasteiger partial charge is 0.433 e. The van der Waals surface area contributed by atoms with Gasteiger partial charge in [-0.3, -0.25) is 14.3 Å². The highest BCUT2D eigenvalue weighted by molar-refractivity contribution is 5.94. The number of aryl methyl sites for hydroxylation is 2. The van der Waals surface area contributed by atoms with Crippen LogP contribution in [0.25, 0.3) is 0 Å². The van der Waals surface area contributed by atoms with Gasteiger partial charge in [0, 0.05) is 30.4 Å². The first-order valence-electron chi connectivity index (χ1n) is 8.23. The molecule has 0 spiro atoms. The summed E-state index contributed by atoms with van der Waals surface area (Å²) in [6.07, 6.45) is -3.91. The average molecular weight is 370 g/mol. The van der Waals surface area contributed by atoms with Crippen LogP contribution in [0, 0.1) is 12.8 Å². The van der Waals surface area contributed by atoms with Crippen LogP contribution in [0.1, 0.15) is 41.3 Å². The molecule has 0 aliphatic heterocycles. The quantitative estimate of drug-likeness (QED) is 0.820. The first-order valence-corrected chi connectivity index (χ1v) is 8.23. The van der Waals surface area contributed by atoms with Gasteiger partial charge in [-0.2, -0.15) is 18.3 Å². The number of H-pyrrole nitrogens is 1. The van der Waals surface area contributed by atoms with Crippen molar-refractivity contribution in [2.45, 2.75) is 39.9 Å². The Bertz CT molecular complexity index is 839. The van der Waals surface area contributed by atoms with Crippen LogP contribution in [0.4, 0.5) is 13.2 Å². The van der Waals surface area contributed by atoms with Crippen molar-refractivity contribution < 1.29 is 18.0 Å². The zero-order valence-electron chi connectivity index (χ0n) is 14.8. The van der Waals surface area contributed by atoms with Crippen LogP contribution in [-0.4, -0.2) is 27.2 Å². The van der Waals surface area contributed by atoms with Gasteiger partial charge in [-0.05, 0) is 31.4 Å². The third-order valence-electron chi connectivity index (χ3n) is 3.83. The smallest absolute Gasteiger partial charge is 0.352 e. The van der Waals surface area contributed by atoms with Gasteiger partial charge in [-0.25, -0.2) is 0 Å². The standard InChI is InChI=1S/C17H21F3N4O2/c1-4-13-6-12(7-15(25)22-13)16(26)21-8-10(2)9-24-14(17(18,19)20)5-11(3)23-24/h5-7,10H,4,8-9H2,1-3H3,(H,21,26)(H,22,25)/t10-/m1/s1. The maximum atomic E-state index is 13.0. The Morgan fingerprint density at radius 3 is 2.65 bits per heavy atom.